The Bertz CT molecular complexity index is 329. The molecule has 0 aliphatic rings. The maximum absolute atomic E-state index is 12.4. The minimum absolute atomic E-state index is 0.0388. The second-order valence-corrected chi connectivity index (χ2v) is 9.36. The van der Waals surface area contributed by atoms with E-state index in [4.69, 9.17) is 4.74 Å². The van der Waals surface area contributed by atoms with E-state index in [1.807, 2.05) is 0 Å². The lowest BCUT2D eigenvalue weighted by atomic mass is 9.95. The summed E-state index contributed by atoms with van der Waals surface area (Å²) in [5.74, 6) is 0.675. The standard InChI is InChI=1S/C27H54O2/c1-5-8-11-12-13-14-15-16-17-20-21-25(4)27(28)29-24-26(22-18-9-6-2)23-19-10-7-3/h25-26H,5-24H2,1-4H3. The SMILES string of the molecule is CCCCCCCCCCCCC(C)C(=O)OCC(CCCCC)CCCCC. The van der Waals surface area contributed by atoms with E-state index >= 15 is 0 Å². The lowest BCUT2D eigenvalue weighted by Crippen LogP contribution is -2.19. The predicted octanol–water partition coefficient (Wildman–Crippen LogP) is 9.25. The van der Waals surface area contributed by atoms with Crippen molar-refractivity contribution < 1.29 is 9.53 Å². The normalized spacial score (nSPS) is 12.4. The maximum Gasteiger partial charge on any atom is 0.308 e. The fraction of sp³-hybridized carbons (Fsp3) is 0.963. The third kappa shape index (κ3) is 19.2. The first-order valence-corrected chi connectivity index (χ1v) is 13.3. The molecule has 2 heteroatoms. The van der Waals surface area contributed by atoms with Crippen LogP contribution in [-0.4, -0.2) is 12.6 Å². The molecule has 1 unspecified atom stereocenters. The molecule has 0 N–H and O–H groups in total. The number of unbranched alkanes of at least 4 members (excludes halogenated alkanes) is 13. The van der Waals surface area contributed by atoms with Crippen molar-refractivity contribution in [2.24, 2.45) is 11.8 Å². The van der Waals surface area contributed by atoms with Crippen molar-refractivity contribution in [3.05, 3.63) is 0 Å². The summed E-state index contributed by atoms with van der Waals surface area (Å²) in [4.78, 5) is 12.4. The molecule has 0 radical (unpaired) electrons. The van der Waals surface area contributed by atoms with Crippen molar-refractivity contribution in [1.29, 1.82) is 0 Å². The van der Waals surface area contributed by atoms with Crippen LogP contribution >= 0.6 is 0 Å². The van der Waals surface area contributed by atoms with Crippen molar-refractivity contribution in [3.8, 4) is 0 Å². The Labute approximate surface area is 184 Å². The number of hydrogen-bond acceptors (Lipinski definition) is 2. The van der Waals surface area contributed by atoms with E-state index < -0.39 is 0 Å². The molecule has 0 aromatic rings. The summed E-state index contributed by atoms with van der Waals surface area (Å²) in [5.41, 5.74) is 0. The van der Waals surface area contributed by atoms with Gasteiger partial charge in [0, 0.05) is 0 Å². The molecule has 0 amide bonds. The maximum atomic E-state index is 12.4. The van der Waals surface area contributed by atoms with Crippen LogP contribution in [0, 0.1) is 11.8 Å². The van der Waals surface area contributed by atoms with Crippen LogP contribution in [0.25, 0.3) is 0 Å². The van der Waals surface area contributed by atoms with Crippen LogP contribution in [0.2, 0.25) is 0 Å². The molecule has 0 aromatic carbocycles. The second-order valence-electron chi connectivity index (χ2n) is 9.36. The molecular weight excluding hydrogens is 356 g/mol. The molecular formula is C27H54O2. The van der Waals surface area contributed by atoms with E-state index in [1.165, 1.54) is 116 Å². The lowest BCUT2D eigenvalue weighted by molar-refractivity contribution is -0.149. The van der Waals surface area contributed by atoms with Crippen LogP contribution in [-0.2, 0) is 9.53 Å². The van der Waals surface area contributed by atoms with Gasteiger partial charge in [-0.25, -0.2) is 0 Å². The first-order valence-electron chi connectivity index (χ1n) is 13.3. The molecule has 0 saturated carbocycles. The first-order chi connectivity index (χ1) is 14.2. The Morgan fingerprint density at radius 1 is 0.586 bits per heavy atom. The van der Waals surface area contributed by atoms with Gasteiger partial charge in [-0.3, -0.25) is 4.79 Å². The predicted molar refractivity (Wildman–Crippen MR) is 128 cm³/mol. The fourth-order valence-corrected chi connectivity index (χ4v) is 4.08. The molecule has 0 heterocycles. The number of esters is 1. The van der Waals surface area contributed by atoms with Gasteiger partial charge in [-0.1, -0.05) is 130 Å². The zero-order valence-corrected chi connectivity index (χ0v) is 20.6. The average molecular weight is 411 g/mol. The second kappa shape index (κ2) is 22.2. The van der Waals surface area contributed by atoms with Gasteiger partial charge < -0.3 is 4.74 Å². The molecule has 0 rings (SSSR count). The van der Waals surface area contributed by atoms with Crippen LogP contribution in [0.1, 0.15) is 150 Å². The topological polar surface area (TPSA) is 26.3 Å². The highest BCUT2D eigenvalue weighted by atomic mass is 16.5. The van der Waals surface area contributed by atoms with Crippen molar-refractivity contribution in [1.82, 2.24) is 0 Å². The molecule has 0 fully saturated rings. The Morgan fingerprint density at radius 2 is 0.966 bits per heavy atom. The van der Waals surface area contributed by atoms with Gasteiger partial charge in [0.2, 0.25) is 0 Å². The highest BCUT2D eigenvalue weighted by molar-refractivity contribution is 5.71. The smallest absolute Gasteiger partial charge is 0.308 e. The van der Waals surface area contributed by atoms with Crippen molar-refractivity contribution >= 4 is 5.97 Å². The van der Waals surface area contributed by atoms with Crippen LogP contribution in [0.4, 0.5) is 0 Å². The van der Waals surface area contributed by atoms with E-state index in [-0.39, 0.29) is 11.9 Å². The summed E-state index contributed by atoms with van der Waals surface area (Å²) in [6, 6.07) is 0. The molecule has 0 aliphatic heterocycles. The van der Waals surface area contributed by atoms with E-state index in [0.29, 0.717) is 12.5 Å². The van der Waals surface area contributed by atoms with Crippen LogP contribution in [0.15, 0.2) is 0 Å². The summed E-state index contributed by atoms with van der Waals surface area (Å²) in [6.45, 7) is 9.48. The van der Waals surface area contributed by atoms with Gasteiger partial charge in [0.15, 0.2) is 0 Å². The Hall–Kier alpha value is -0.530. The number of carbonyl (C=O) groups is 1. The number of ether oxygens (including phenoxy) is 1. The minimum atomic E-state index is 0.0388. The molecule has 29 heavy (non-hydrogen) atoms. The summed E-state index contributed by atoms with van der Waals surface area (Å²) >= 11 is 0. The van der Waals surface area contributed by atoms with Crippen LogP contribution < -0.4 is 0 Å². The summed E-state index contributed by atoms with van der Waals surface area (Å²) in [7, 11) is 0. The van der Waals surface area contributed by atoms with E-state index in [0.717, 1.165) is 6.42 Å². The molecule has 1 atom stereocenters. The van der Waals surface area contributed by atoms with Crippen LogP contribution in [0.3, 0.4) is 0 Å². The molecule has 0 bridgehead atoms. The average Bonchev–Trinajstić information content (AvgIpc) is 2.72. The Kier molecular flexibility index (Phi) is 21.8. The highest BCUT2D eigenvalue weighted by Crippen LogP contribution is 2.20. The number of rotatable bonds is 22. The van der Waals surface area contributed by atoms with Gasteiger partial charge in [0.25, 0.3) is 0 Å². The molecule has 0 saturated heterocycles. The van der Waals surface area contributed by atoms with Crippen molar-refractivity contribution in [2.45, 2.75) is 150 Å². The van der Waals surface area contributed by atoms with Gasteiger partial charge in [0.1, 0.15) is 0 Å². The first kappa shape index (κ1) is 28.5. The molecule has 2 nitrogen and oxygen atoms in total. The van der Waals surface area contributed by atoms with Gasteiger partial charge in [-0.2, -0.15) is 0 Å². The monoisotopic (exact) mass is 410 g/mol. The Balaban J connectivity index is 3.80. The summed E-state index contributed by atoms with van der Waals surface area (Å²) in [5, 5.41) is 0. The zero-order chi connectivity index (χ0) is 21.6. The van der Waals surface area contributed by atoms with Gasteiger partial charge in [0.05, 0.1) is 12.5 Å². The summed E-state index contributed by atoms with van der Waals surface area (Å²) in [6.07, 6.45) is 24.6. The third-order valence-corrected chi connectivity index (χ3v) is 6.29. The van der Waals surface area contributed by atoms with Crippen LogP contribution in [0.5, 0.6) is 0 Å². The van der Waals surface area contributed by atoms with E-state index in [2.05, 4.69) is 27.7 Å². The third-order valence-electron chi connectivity index (χ3n) is 6.29. The quantitative estimate of drug-likeness (QED) is 0.131. The van der Waals surface area contributed by atoms with Gasteiger partial charge in [-0.05, 0) is 25.2 Å². The number of carbonyl (C=O) groups excluding carboxylic acids is 1. The van der Waals surface area contributed by atoms with E-state index in [1.54, 1.807) is 0 Å². The molecule has 0 aliphatic carbocycles. The summed E-state index contributed by atoms with van der Waals surface area (Å²) < 4.78 is 5.73. The minimum Gasteiger partial charge on any atom is -0.465 e. The van der Waals surface area contributed by atoms with Crippen molar-refractivity contribution in [3.63, 3.8) is 0 Å². The van der Waals surface area contributed by atoms with Gasteiger partial charge >= 0.3 is 5.97 Å². The van der Waals surface area contributed by atoms with Gasteiger partial charge in [-0.15, -0.1) is 0 Å². The fourth-order valence-electron chi connectivity index (χ4n) is 4.08. The van der Waals surface area contributed by atoms with Crippen molar-refractivity contribution in [2.75, 3.05) is 6.61 Å². The lowest BCUT2D eigenvalue weighted by Gasteiger charge is -2.18. The highest BCUT2D eigenvalue weighted by Gasteiger charge is 2.17. The molecule has 174 valence electrons. The number of hydrogen-bond donors (Lipinski definition) is 0. The Morgan fingerprint density at radius 3 is 1.45 bits per heavy atom. The zero-order valence-electron chi connectivity index (χ0n) is 20.6. The molecule has 0 spiro atoms. The van der Waals surface area contributed by atoms with E-state index in [9.17, 15) is 4.79 Å². The largest absolute Gasteiger partial charge is 0.465 e. The molecule has 0 aromatic heterocycles.